The molecule has 2 unspecified atom stereocenters. The Balaban J connectivity index is 0.00000529. The molecule has 0 bridgehead atoms. The van der Waals surface area contributed by atoms with Crippen LogP contribution in [0.15, 0.2) is 40.2 Å². The SMILES string of the molecule is CCCCC(CC)CNC(=NC)NCCS(=O)c1ccccc1.I. The predicted octanol–water partition coefficient (Wildman–Crippen LogP) is 3.79. The van der Waals surface area contributed by atoms with Crippen LogP contribution in [0, 0.1) is 5.92 Å². The normalized spacial score (nSPS) is 13.7. The lowest BCUT2D eigenvalue weighted by atomic mass is 9.99. The number of nitrogens with zero attached hydrogens (tertiary/aromatic N) is 1. The molecule has 4 nitrogen and oxygen atoms in total. The number of unbranched alkanes of at least 4 members (excludes halogenated alkanes) is 1. The van der Waals surface area contributed by atoms with E-state index in [2.05, 4.69) is 29.5 Å². The fourth-order valence-corrected chi connectivity index (χ4v) is 3.34. The lowest BCUT2D eigenvalue weighted by Gasteiger charge is -2.18. The first-order valence-electron chi connectivity index (χ1n) is 8.59. The highest BCUT2D eigenvalue weighted by Crippen LogP contribution is 2.11. The number of halogens is 1. The van der Waals surface area contributed by atoms with Gasteiger partial charge in [0, 0.05) is 30.8 Å². The molecule has 0 heterocycles. The lowest BCUT2D eigenvalue weighted by molar-refractivity contribution is 0.444. The second kappa shape index (κ2) is 14.7. The molecule has 0 spiro atoms. The minimum absolute atomic E-state index is 0. The van der Waals surface area contributed by atoms with E-state index in [1.807, 2.05) is 30.3 Å². The Bertz CT molecular complexity index is 482. The van der Waals surface area contributed by atoms with Crippen molar-refractivity contribution < 1.29 is 4.21 Å². The van der Waals surface area contributed by atoms with Crippen LogP contribution in [0.1, 0.15) is 39.5 Å². The van der Waals surface area contributed by atoms with E-state index in [9.17, 15) is 4.21 Å². The van der Waals surface area contributed by atoms with E-state index in [0.717, 1.165) is 17.4 Å². The van der Waals surface area contributed by atoms with Gasteiger partial charge in [-0.2, -0.15) is 0 Å². The van der Waals surface area contributed by atoms with Gasteiger partial charge in [-0.05, 0) is 24.5 Å². The van der Waals surface area contributed by atoms with Crippen LogP contribution in [-0.2, 0) is 10.8 Å². The Morgan fingerprint density at radius 3 is 2.50 bits per heavy atom. The zero-order valence-electron chi connectivity index (χ0n) is 15.1. The van der Waals surface area contributed by atoms with Crippen LogP contribution in [0.5, 0.6) is 0 Å². The molecule has 0 saturated heterocycles. The highest BCUT2D eigenvalue weighted by atomic mass is 127. The molecule has 2 N–H and O–H groups in total. The van der Waals surface area contributed by atoms with Gasteiger partial charge in [0.25, 0.3) is 0 Å². The van der Waals surface area contributed by atoms with Gasteiger partial charge in [-0.25, -0.2) is 0 Å². The second-order valence-corrected chi connectivity index (χ2v) is 7.23. The Morgan fingerprint density at radius 1 is 1.21 bits per heavy atom. The number of hydrogen-bond donors (Lipinski definition) is 2. The van der Waals surface area contributed by atoms with Gasteiger partial charge in [-0.15, -0.1) is 24.0 Å². The molecule has 24 heavy (non-hydrogen) atoms. The van der Waals surface area contributed by atoms with Crippen molar-refractivity contribution in [2.24, 2.45) is 10.9 Å². The maximum absolute atomic E-state index is 12.2. The molecule has 1 aromatic rings. The molecule has 138 valence electrons. The van der Waals surface area contributed by atoms with Crippen LogP contribution < -0.4 is 10.6 Å². The monoisotopic (exact) mass is 465 g/mol. The summed E-state index contributed by atoms with van der Waals surface area (Å²) in [5.74, 6) is 2.06. The van der Waals surface area contributed by atoms with Gasteiger partial charge in [-0.3, -0.25) is 9.20 Å². The third-order valence-corrected chi connectivity index (χ3v) is 5.28. The van der Waals surface area contributed by atoms with Gasteiger partial charge in [0.05, 0.1) is 10.8 Å². The summed E-state index contributed by atoms with van der Waals surface area (Å²) in [7, 11) is 0.809. The Hall–Kier alpha value is -0.630. The molecule has 0 saturated carbocycles. The van der Waals surface area contributed by atoms with E-state index < -0.39 is 10.8 Å². The number of benzene rings is 1. The predicted molar refractivity (Wildman–Crippen MR) is 116 cm³/mol. The van der Waals surface area contributed by atoms with E-state index in [-0.39, 0.29) is 24.0 Å². The second-order valence-electron chi connectivity index (χ2n) is 5.66. The van der Waals surface area contributed by atoms with E-state index in [1.165, 1.54) is 25.7 Å². The Labute approximate surface area is 166 Å². The van der Waals surface area contributed by atoms with Crippen LogP contribution in [0.4, 0.5) is 0 Å². The van der Waals surface area contributed by atoms with Crippen LogP contribution in [-0.4, -0.2) is 36.1 Å². The molecule has 0 aliphatic rings. The first kappa shape index (κ1) is 23.4. The summed E-state index contributed by atoms with van der Waals surface area (Å²) in [6, 6.07) is 9.59. The summed E-state index contributed by atoms with van der Waals surface area (Å²) >= 11 is 0. The maximum atomic E-state index is 12.2. The topological polar surface area (TPSA) is 53.5 Å². The van der Waals surface area contributed by atoms with Crippen LogP contribution >= 0.6 is 24.0 Å². The summed E-state index contributed by atoms with van der Waals surface area (Å²) in [6.07, 6.45) is 4.97. The molecular weight excluding hydrogens is 433 g/mol. The van der Waals surface area contributed by atoms with Crippen LogP contribution in [0.25, 0.3) is 0 Å². The summed E-state index contributed by atoms with van der Waals surface area (Å²) in [6.45, 7) is 6.06. The largest absolute Gasteiger partial charge is 0.356 e. The summed E-state index contributed by atoms with van der Waals surface area (Å²) in [4.78, 5) is 5.12. The third-order valence-electron chi connectivity index (χ3n) is 3.91. The van der Waals surface area contributed by atoms with Gasteiger partial charge in [0.2, 0.25) is 0 Å². The van der Waals surface area contributed by atoms with Crippen LogP contribution in [0.3, 0.4) is 0 Å². The summed E-state index contributed by atoms with van der Waals surface area (Å²) in [5, 5.41) is 6.63. The maximum Gasteiger partial charge on any atom is 0.191 e. The number of hydrogen-bond acceptors (Lipinski definition) is 2. The molecule has 0 radical (unpaired) electrons. The standard InChI is InChI=1S/C18H31N3OS.HI/c1-4-6-10-16(5-2)15-21-18(19-3)20-13-14-23(22)17-11-8-7-9-12-17;/h7-9,11-12,16H,4-6,10,13-15H2,1-3H3,(H2,19,20,21);1H. The van der Waals surface area contributed by atoms with Crippen molar-refractivity contribution in [2.75, 3.05) is 25.9 Å². The summed E-state index contributed by atoms with van der Waals surface area (Å²) < 4.78 is 12.2. The number of guanidine groups is 1. The molecule has 0 aromatic heterocycles. The number of aliphatic imine (C=N–C) groups is 1. The fraction of sp³-hybridized carbons (Fsp3) is 0.611. The molecule has 0 fully saturated rings. The van der Waals surface area contributed by atoms with Crippen molar-refractivity contribution in [3.8, 4) is 0 Å². The zero-order valence-corrected chi connectivity index (χ0v) is 18.2. The molecule has 6 heteroatoms. The molecule has 0 aliphatic heterocycles. The molecule has 0 aliphatic carbocycles. The lowest BCUT2D eigenvalue weighted by Crippen LogP contribution is -2.41. The van der Waals surface area contributed by atoms with E-state index in [0.29, 0.717) is 18.2 Å². The average Bonchev–Trinajstić information content (AvgIpc) is 2.60. The molecular formula is C18H32IN3OS. The van der Waals surface area contributed by atoms with Crippen LogP contribution in [0.2, 0.25) is 0 Å². The molecule has 2 atom stereocenters. The molecule has 0 amide bonds. The van der Waals surface area contributed by atoms with Crippen molar-refractivity contribution in [3.63, 3.8) is 0 Å². The molecule has 1 aromatic carbocycles. The zero-order chi connectivity index (χ0) is 16.9. The first-order valence-corrected chi connectivity index (χ1v) is 9.91. The fourth-order valence-electron chi connectivity index (χ4n) is 2.36. The quantitative estimate of drug-likeness (QED) is 0.314. The number of nitrogens with one attached hydrogen (secondary N) is 2. The van der Waals surface area contributed by atoms with E-state index in [1.54, 1.807) is 7.05 Å². The molecule has 1 rings (SSSR count). The summed E-state index contributed by atoms with van der Waals surface area (Å²) in [5.41, 5.74) is 0. The van der Waals surface area contributed by atoms with Gasteiger partial charge < -0.3 is 10.6 Å². The van der Waals surface area contributed by atoms with Crippen molar-refractivity contribution >= 4 is 40.7 Å². The highest BCUT2D eigenvalue weighted by molar-refractivity contribution is 14.0. The Morgan fingerprint density at radius 2 is 1.92 bits per heavy atom. The Kier molecular flexibility index (Phi) is 14.3. The van der Waals surface area contributed by atoms with Crippen molar-refractivity contribution in [3.05, 3.63) is 30.3 Å². The number of rotatable bonds is 10. The smallest absolute Gasteiger partial charge is 0.191 e. The van der Waals surface area contributed by atoms with Crippen molar-refractivity contribution in [2.45, 2.75) is 44.4 Å². The third kappa shape index (κ3) is 9.61. The van der Waals surface area contributed by atoms with Crippen molar-refractivity contribution in [1.82, 2.24) is 10.6 Å². The van der Waals surface area contributed by atoms with Gasteiger partial charge in [-0.1, -0.05) is 51.3 Å². The van der Waals surface area contributed by atoms with Gasteiger partial charge in [0.1, 0.15) is 0 Å². The average molecular weight is 465 g/mol. The van der Waals surface area contributed by atoms with E-state index in [4.69, 9.17) is 0 Å². The highest BCUT2D eigenvalue weighted by Gasteiger charge is 2.07. The van der Waals surface area contributed by atoms with Gasteiger partial charge in [0.15, 0.2) is 5.96 Å². The van der Waals surface area contributed by atoms with Crippen molar-refractivity contribution in [1.29, 1.82) is 0 Å². The van der Waals surface area contributed by atoms with Gasteiger partial charge >= 0.3 is 0 Å². The van der Waals surface area contributed by atoms with E-state index >= 15 is 0 Å². The minimum atomic E-state index is -0.966. The first-order chi connectivity index (χ1) is 11.2. The minimum Gasteiger partial charge on any atom is -0.356 e.